The van der Waals surface area contributed by atoms with Crippen LogP contribution in [0.1, 0.15) is 37.8 Å². The molecule has 0 radical (unpaired) electrons. The Morgan fingerprint density at radius 3 is 2.72 bits per heavy atom. The van der Waals surface area contributed by atoms with Gasteiger partial charge in [-0.2, -0.15) is 5.10 Å². The Bertz CT molecular complexity index is 345. The van der Waals surface area contributed by atoms with Gasteiger partial charge in [0.05, 0.1) is 6.61 Å². The number of rotatable bonds is 6. The standard InChI is InChI=1S/C14H25N3O/c1-16-13(7-9-15-16)8-10-17(11-12-18)14-5-3-2-4-6-14/h7,9,14,18H,2-6,8,10-12H2,1H3. The van der Waals surface area contributed by atoms with Gasteiger partial charge in [0, 0.05) is 44.5 Å². The second-order valence-corrected chi connectivity index (χ2v) is 5.25. The summed E-state index contributed by atoms with van der Waals surface area (Å²) in [6, 6.07) is 2.76. The van der Waals surface area contributed by atoms with Crippen molar-refractivity contribution in [3.63, 3.8) is 0 Å². The van der Waals surface area contributed by atoms with E-state index in [2.05, 4.69) is 16.1 Å². The van der Waals surface area contributed by atoms with Gasteiger partial charge in [0.2, 0.25) is 0 Å². The maximum atomic E-state index is 9.22. The van der Waals surface area contributed by atoms with Gasteiger partial charge in [-0.15, -0.1) is 0 Å². The van der Waals surface area contributed by atoms with Crippen molar-refractivity contribution in [1.82, 2.24) is 14.7 Å². The van der Waals surface area contributed by atoms with Crippen LogP contribution in [0.3, 0.4) is 0 Å². The number of aryl methyl sites for hydroxylation is 1. The zero-order valence-corrected chi connectivity index (χ0v) is 11.4. The molecule has 0 atom stereocenters. The summed E-state index contributed by atoms with van der Waals surface area (Å²) < 4.78 is 1.94. The third kappa shape index (κ3) is 3.56. The highest BCUT2D eigenvalue weighted by atomic mass is 16.3. The van der Waals surface area contributed by atoms with Crippen molar-refractivity contribution in [2.75, 3.05) is 19.7 Å². The summed E-state index contributed by atoms with van der Waals surface area (Å²) in [4.78, 5) is 2.46. The topological polar surface area (TPSA) is 41.3 Å². The van der Waals surface area contributed by atoms with E-state index >= 15 is 0 Å². The number of aromatic nitrogens is 2. The molecule has 1 aliphatic carbocycles. The Hall–Kier alpha value is -0.870. The molecule has 1 saturated carbocycles. The second kappa shape index (κ2) is 6.90. The second-order valence-electron chi connectivity index (χ2n) is 5.25. The Balaban J connectivity index is 1.87. The molecule has 1 aromatic heterocycles. The third-order valence-electron chi connectivity index (χ3n) is 4.06. The van der Waals surface area contributed by atoms with Gasteiger partial charge < -0.3 is 5.11 Å². The lowest BCUT2D eigenvalue weighted by molar-refractivity contribution is 0.125. The molecule has 2 rings (SSSR count). The van der Waals surface area contributed by atoms with Crippen molar-refractivity contribution >= 4 is 0 Å². The molecule has 0 saturated heterocycles. The molecule has 0 bridgehead atoms. The van der Waals surface area contributed by atoms with Crippen LogP contribution in [-0.2, 0) is 13.5 Å². The molecule has 1 aliphatic rings. The molecule has 1 N–H and O–H groups in total. The van der Waals surface area contributed by atoms with Gasteiger partial charge in [-0.25, -0.2) is 0 Å². The van der Waals surface area contributed by atoms with Crippen molar-refractivity contribution in [2.45, 2.75) is 44.6 Å². The zero-order chi connectivity index (χ0) is 12.8. The highest BCUT2D eigenvalue weighted by Crippen LogP contribution is 2.22. The fourth-order valence-electron chi connectivity index (χ4n) is 2.96. The average molecular weight is 251 g/mol. The fourth-order valence-corrected chi connectivity index (χ4v) is 2.96. The molecule has 0 unspecified atom stereocenters. The van der Waals surface area contributed by atoms with Crippen LogP contribution in [0.15, 0.2) is 12.3 Å². The summed E-state index contributed by atoms with van der Waals surface area (Å²) in [5.41, 5.74) is 1.27. The first-order valence-electron chi connectivity index (χ1n) is 7.13. The Morgan fingerprint density at radius 1 is 1.33 bits per heavy atom. The summed E-state index contributed by atoms with van der Waals surface area (Å²) in [6.45, 7) is 2.11. The molecule has 102 valence electrons. The number of aliphatic hydroxyl groups excluding tert-OH is 1. The van der Waals surface area contributed by atoms with Crippen molar-refractivity contribution in [1.29, 1.82) is 0 Å². The fraction of sp³-hybridized carbons (Fsp3) is 0.786. The molecule has 4 nitrogen and oxygen atoms in total. The Morgan fingerprint density at radius 2 is 2.11 bits per heavy atom. The Labute approximate surface area is 110 Å². The van der Waals surface area contributed by atoms with Crippen LogP contribution in [0.5, 0.6) is 0 Å². The molecule has 0 aromatic carbocycles. The first kappa shape index (κ1) is 13.6. The van der Waals surface area contributed by atoms with Gasteiger partial charge in [-0.3, -0.25) is 9.58 Å². The van der Waals surface area contributed by atoms with Crippen LogP contribution in [0.25, 0.3) is 0 Å². The van der Waals surface area contributed by atoms with Gasteiger partial charge in [-0.05, 0) is 18.9 Å². The van der Waals surface area contributed by atoms with Gasteiger partial charge in [0.25, 0.3) is 0 Å². The van der Waals surface area contributed by atoms with Gasteiger partial charge >= 0.3 is 0 Å². The zero-order valence-electron chi connectivity index (χ0n) is 11.4. The maximum absolute atomic E-state index is 9.22. The van der Waals surface area contributed by atoms with E-state index in [1.54, 1.807) is 0 Å². The third-order valence-corrected chi connectivity index (χ3v) is 4.06. The molecule has 18 heavy (non-hydrogen) atoms. The highest BCUT2D eigenvalue weighted by molar-refractivity contribution is 5.00. The summed E-state index contributed by atoms with van der Waals surface area (Å²) >= 11 is 0. The summed E-state index contributed by atoms with van der Waals surface area (Å²) in [7, 11) is 1.99. The summed E-state index contributed by atoms with van der Waals surface area (Å²) in [5.74, 6) is 0. The molecule has 4 heteroatoms. The Kier molecular flexibility index (Phi) is 5.20. The van der Waals surface area contributed by atoms with Crippen molar-refractivity contribution < 1.29 is 5.11 Å². The van der Waals surface area contributed by atoms with Crippen LogP contribution in [-0.4, -0.2) is 45.5 Å². The molecule has 1 fully saturated rings. The van der Waals surface area contributed by atoms with Crippen LogP contribution < -0.4 is 0 Å². The molecule has 1 heterocycles. The van der Waals surface area contributed by atoms with E-state index < -0.39 is 0 Å². The minimum Gasteiger partial charge on any atom is -0.395 e. The SMILES string of the molecule is Cn1nccc1CCN(CCO)C1CCCCC1. The molecule has 0 amide bonds. The van der Waals surface area contributed by atoms with E-state index in [-0.39, 0.29) is 6.61 Å². The van der Waals surface area contributed by atoms with Crippen LogP contribution in [0.4, 0.5) is 0 Å². The molecule has 1 aromatic rings. The lowest BCUT2D eigenvalue weighted by Gasteiger charge is -2.33. The molecular weight excluding hydrogens is 226 g/mol. The summed E-state index contributed by atoms with van der Waals surface area (Å²) in [6.07, 6.45) is 9.54. The van der Waals surface area contributed by atoms with Crippen LogP contribution in [0.2, 0.25) is 0 Å². The molecular formula is C14H25N3O. The van der Waals surface area contributed by atoms with E-state index in [1.165, 1.54) is 37.8 Å². The predicted octanol–water partition coefficient (Wildman–Crippen LogP) is 1.59. The van der Waals surface area contributed by atoms with Gasteiger partial charge in [0.1, 0.15) is 0 Å². The van der Waals surface area contributed by atoms with Crippen LogP contribution >= 0.6 is 0 Å². The van der Waals surface area contributed by atoms with E-state index in [0.717, 1.165) is 19.5 Å². The normalized spacial score (nSPS) is 17.5. The van der Waals surface area contributed by atoms with E-state index in [1.807, 2.05) is 17.9 Å². The first-order valence-corrected chi connectivity index (χ1v) is 7.13. The van der Waals surface area contributed by atoms with Gasteiger partial charge in [0.15, 0.2) is 0 Å². The number of hydrogen-bond acceptors (Lipinski definition) is 3. The minimum absolute atomic E-state index is 0.266. The molecule has 0 spiro atoms. The lowest BCUT2D eigenvalue weighted by atomic mass is 9.94. The van der Waals surface area contributed by atoms with Crippen molar-refractivity contribution in [3.05, 3.63) is 18.0 Å². The van der Waals surface area contributed by atoms with Crippen molar-refractivity contribution in [3.8, 4) is 0 Å². The maximum Gasteiger partial charge on any atom is 0.0558 e. The van der Waals surface area contributed by atoms with Crippen LogP contribution in [0, 0.1) is 0 Å². The summed E-state index contributed by atoms with van der Waals surface area (Å²) in [5, 5.41) is 13.4. The average Bonchev–Trinajstić information content (AvgIpc) is 2.81. The minimum atomic E-state index is 0.266. The largest absolute Gasteiger partial charge is 0.395 e. The predicted molar refractivity (Wildman–Crippen MR) is 72.4 cm³/mol. The van der Waals surface area contributed by atoms with E-state index in [4.69, 9.17) is 0 Å². The number of hydrogen-bond donors (Lipinski definition) is 1. The van der Waals surface area contributed by atoms with Gasteiger partial charge in [-0.1, -0.05) is 19.3 Å². The van der Waals surface area contributed by atoms with E-state index in [0.29, 0.717) is 6.04 Å². The monoisotopic (exact) mass is 251 g/mol. The molecule has 0 aliphatic heterocycles. The first-order chi connectivity index (χ1) is 8.81. The quantitative estimate of drug-likeness (QED) is 0.835. The van der Waals surface area contributed by atoms with E-state index in [9.17, 15) is 5.11 Å². The van der Waals surface area contributed by atoms with Crippen molar-refractivity contribution in [2.24, 2.45) is 7.05 Å². The number of nitrogens with zero attached hydrogens (tertiary/aromatic N) is 3. The lowest BCUT2D eigenvalue weighted by Crippen LogP contribution is -2.40. The number of aliphatic hydroxyl groups is 1. The smallest absolute Gasteiger partial charge is 0.0558 e. The highest BCUT2D eigenvalue weighted by Gasteiger charge is 2.20.